The van der Waals surface area contributed by atoms with E-state index < -0.39 is 6.16 Å². The molecule has 66 valence electrons. The van der Waals surface area contributed by atoms with Gasteiger partial charge in [-0.1, -0.05) is 24.3 Å². The quantitative estimate of drug-likeness (QED) is 0.616. The number of hydrogen-bond acceptors (Lipinski definition) is 3. The van der Waals surface area contributed by atoms with Crippen molar-refractivity contribution >= 4 is 18.0 Å². The minimum absolute atomic E-state index is 0.572. The largest absolute Gasteiger partial charge is 0.513 e. The highest BCUT2D eigenvalue weighted by atomic mass is 16.7. The lowest BCUT2D eigenvalue weighted by Gasteiger charge is -2.17. The zero-order valence-electron chi connectivity index (χ0n) is 7.11. The van der Waals surface area contributed by atoms with Crippen molar-refractivity contribution in [2.24, 2.45) is 0 Å². The number of benzene rings is 1. The van der Waals surface area contributed by atoms with Gasteiger partial charge in [-0.05, 0) is 11.6 Å². The molecule has 0 saturated carbocycles. The number of carbonyl (C=O) groups is 1. The van der Waals surface area contributed by atoms with Crippen LogP contribution in [0.1, 0.15) is 11.1 Å². The van der Waals surface area contributed by atoms with E-state index in [1.165, 1.54) is 7.11 Å². The Morgan fingerprint density at radius 1 is 1.31 bits per heavy atom. The van der Waals surface area contributed by atoms with Crippen LogP contribution >= 0.6 is 0 Å². The van der Waals surface area contributed by atoms with E-state index in [1.54, 1.807) is 6.08 Å². The molecular weight excluding hydrogens is 168 g/mol. The smallest absolute Gasteiger partial charge is 0.437 e. The van der Waals surface area contributed by atoms with Crippen LogP contribution in [-0.2, 0) is 9.47 Å². The fraction of sp³-hybridized carbons (Fsp3) is 0.100. The van der Waals surface area contributed by atoms with Crippen molar-refractivity contribution in [3.8, 4) is 0 Å². The summed E-state index contributed by atoms with van der Waals surface area (Å²) in [5, 5.41) is 0. The van der Waals surface area contributed by atoms with Gasteiger partial charge in [-0.3, -0.25) is 0 Å². The van der Waals surface area contributed by atoms with Crippen molar-refractivity contribution in [1.29, 1.82) is 0 Å². The average Bonchev–Trinajstić information content (AvgIpc) is 2.14. The normalized spacial score (nSPS) is 12.2. The molecule has 3 nitrogen and oxygen atoms in total. The van der Waals surface area contributed by atoms with Crippen molar-refractivity contribution < 1.29 is 14.3 Å². The Kier molecular flexibility index (Phi) is 1.77. The minimum Gasteiger partial charge on any atom is -0.437 e. The van der Waals surface area contributed by atoms with E-state index in [0.29, 0.717) is 5.76 Å². The number of carbonyl (C=O) groups excluding carboxylic acids is 1. The van der Waals surface area contributed by atoms with Gasteiger partial charge in [0, 0.05) is 5.56 Å². The highest BCUT2D eigenvalue weighted by Crippen LogP contribution is 2.32. The van der Waals surface area contributed by atoms with Crippen LogP contribution in [0.2, 0.25) is 0 Å². The van der Waals surface area contributed by atoms with Crippen LogP contribution in [0.3, 0.4) is 0 Å². The van der Waals surface area contributed by atoms with Gasteiger partial charge in [-0.2, -0.15) is 0 Å². The lowest BCUT2D eigenvalue weighted by molar-refractivity contribution is 0.112. The Balaban J connectivity index is 2.12. The molecule has 1 aliphatic carbocycles. The summed E-state index contributed by atoms with van der Waals surface area (Å²) in [7, 11) is 1.29. The van der Waals surface area contributed by atoms with Crippen LogP contribution in [-0.4, -0.2) is 13.3 Å². The third-order valence-electron chi connectivity index (χ3n) is 1.87. The maximum absolute atomic E-state index is 10.7. The summed E-state index contributed by atoms with van der Waals surface area (Å²) in [4.78, 5) is 10.7. The first kappa shape index (κ1) is 7.86. The molecule has 0 bridgehead atoms. The van der Waals surface area contributed by atoms with Crippen molar-refractivity contribution in [1.82, 2.24) is 0 Å². The van der Waals surface area contributed by atoms with E-state index in [0.717, 1.165) is 11.1 Å². The van der Waals surface area contributed by atoms with Gasteiger partial charge < -0.3 is 9.47 Å². The van der Waals surface area contributed by atoms with Gasteiger partial charge in [0.05, 0.1) is 7.11 Å². The Bertz CT molecular complexity index is 380. The first-order valence-electron chi connectivity index (χ1n) is 3.88. The first-order valence-corrected chi connectivity index (χ1v) is 3.88. The molecule has 0 fully saturated rings. The number of hydrogen-bond donors (Lipinski definition) is 0. The van der Waals surface area contributed by atoms with E-state index >= 15 is 0 Å². The molecule has 2 rings (SSSR count). The third-order valence-corrected chi connectivity index (χ3v) is 1.87. The third kappa shape index (κ3) is 1.28. The van der Waals surface area contributed by atoms with E-state index in [2.05, 4.69) is 4.74 Å². The lowest BCUT2D eigenvalue weighted by atomic mass is 9.96. The molecule has 0 aliphatic heterocycles. The molecule has 0 amide bonds. The SMILES string of the molecule is COC(=O)OC1=Cc2ccccc21. The molecule has 0 N–H and O–H groups in total. The van der Waals surface area contributed by atoms with Crippen LogP contribution in [0.25, 0.3) is 11.8 Å². The molecule has 0 heterocycles. The highest BCUT2D eigenvalue weighted by molar-refractivity contribution is 5.94. The summed E-state index contributed by atoms with van der Waals surface area (Å²) in [5.41, 5.74) is 2.04. The maximum Gasteiger partial charge on any atom is 0.513 e. The molecule has 0 aromatic heterocycles. The van der Waals surface area contributed by atoms with Crippen molar-refractivity contribution in [3.05, 3.63) is 35.4 Å². The molecule has 3 heteroatoms. The molecule has 0 unspecified atom stereocenters. The molecule has 0 saturated heterocycles. The summed E-state index contributed by atoms with van der Waals surface area (Å²) >= 11 is 0. The molecule has 13 heavy (non-hydrogen) atoms. The molecule has 0 spiro atoms. The Hall–Kier alpha value is -1.77. The number of rotatable bonds is 1. The van der Waals surface area contributed by atoms with E-state index in [1.807, 2.05) is 24.3 Å². The van der Waals surface area contributed by atoms with Gasteiger partial charge in [0.1, 0.15) is 5.76 Å². The van der Waals surface area contributed by atoms with Crippen LogP contribution in [0.4, 0.5) is 4.79 Å². The van der Waals surface area contributed by atoms with Crippen LogP contribution in [0.5, 0.6) is 0 Å². The predicted octanol–water partition coefficient (Wildman–Crippen LogP) is 2.28. The average molecular weight is 176 g/mol. The molecule has 1 aromatic rings. The summed E-state index contributed by atoms with van der Waals surface area (Å²) < 4.78 is 9.23. The van der Waals surface area contributed by atoms with Crippen LogP contribution in [0, 0.1) is 0 Å². The summed E-state index contributed by atoms with van der Waals surface area (Å²) in [6.07, 6.45) is 1.12. The van der Waals surface area contributed by atoms with E-state index in [4.69, 9.17) is 4.74 Å². The van der Waals surface area contributed by atoms with Crippen LogP contribution in [0.15, 0.2) is 24.3 Å². The Morgan fingerprint density at radius 3 is 2.77 bits per heavy atom. The second-order valence-corrected chi connectivity index (χ2v) is 2.65. The fourth-order valence-corrected chi connectivity index (χ4v) is 1.20. The molecule has 0 radical (unpaired) electrons. The van der Waals surface area contributed by atoms with E-state index in [9.17, 15) is 4.79 Å². The van der Waals surface area contributed by atoms with Gasteiger partial charge in [-0.15, -0.1) is 0 Å². The number of fused-ring (bicyclic) bond motifs is 1. The Morgan fingerprint density at radius 2 is 2.08 bits per heavy atom. The lowest BCUT2D eigenvalue weighted by Crippen LogP contribution is -2.08. The molecule has 1 aliphatic rings. The van der Waals surface area contributed by atoms with Crippen molar-refractivity contribution in [2.45, 2.75) is 0 Å². The van der Waals surface area contributed by atoms with Gasteiger partial charge in [-0.25, -0.2) is 4.79 Å². The molecular formula is C10H8O3. The zero-order chi connectivity index (χ0) is 9.26. The van der Waals surface area contributed by atoms with Gasteiger partial charge in [0.2, 0.25) is 0 Å². The zero-order valence-corrected chi connectivity index (χ0v) is 7.11. The van der Waals surface area contributed by atoms with E-state index in [-0.39, 0.29) is 0 Å². The number of ether oxygens (including phenoxy) is 2. The summed E-state index contributed by atoms with van der Waals surface area (Å²) in [6.45, 7) is 0. The second-order valence-electron chi connectivity index (χ2n) is 2.65. The standard InChI is InChI=1S/C10H8O3/c1-12-10(11)13-9-6-7-4-2-3-5-8(7)9/h2-6H,1H3. The fourth-order valence-electron chi connectivity index (χ4n) is 1.20. The van der Waals surface area contributed by atoms with Crippen LogP contribution < -0.4 is 0 Å². The van der Waals surface area contributed by atoms with Gasteiger partial charge >= 0.3 is 6.16 Å². The topological polar surface area (TPSA) is 35.5 Å². The monoisotopic (exact) mass is 176 g/mol. The second kappa shape index (κ2) is 2.94. The summed E-state index contributed by atoms with van der Waals surface area (Å²) in [6, 6.07) is 7.68. The van der Waals surface area contributed by atoms with Gasteiger partial charge in [0.25, 0.3) is 0 Å². The predicted molar refractivity (Wildman–Crippen MR) is 47.8 cm³/mol. The van der Waals surface area contributed by atoms with Crippen molar-refractivity contribution in [2.75, 3.05) is 7.11 Å². The Labute approximate surface area is 75.6 Å². The number of methoxy groups -OCH3 is 1. The van der Waals surface area contributed by atoms with Crippen molar-refractivity contribution in [3.63, 3.8) is 0 Å². The molecule has 0 atom stereocenters. The first-order chi connectivity index (χ1) is 6.31. The van der Waals surface area contributed by atoms with Gasteiger partial charge in [0.15, 0.2) is 0 Å². The maximum atomic E-state index is 10.7. The minimum atomic E-state index is -0.680. The molecule has 1 aromatic carbocycles. The highest BCUT2D eigenvalue weighted by Gasteiger charge is 2.19. The summed E-state index contributed by atoms with van der Waals surface area (Å²) in [5.74, 6) is 0.572.